The first-order chi connectivity index (χ1) is 12.1. The minimum atomic E-state index is -0.301. The van der Waals surface area contributed by atoms with Crippen LogP contribution in [0.15, 0.2) is 24.4 Å². The van der Waals surface area contributed by atoms with Gasteiger partial charge in [0.15, 0.2) is 0 Å². The highest BCUT2D eigenvalue weighted by Crippen LogP contribution is 2.38. The number of hydrogen-bond donors (Lipinski definition) is 3. The molecule has 1 atom stereocenters. The van der Waals surface area contributed by atoms with Crippen LogP contribution in [0.3, 0.4) is 0 Å². The third-order valence-corrected chi connectivity index (χ3v) is 4.81. The van der Waals surface area contributed by atoms with Crippen LogP contribution >= 0.6 is 0 Å². The molecule has 0 bridgehead atoms. The average molecular weight is 341 g/mol. The summed E-state index contributed by atoms with van der Waals surface area (Å²) in [6, 6.07) is 4.55. The number of anilines is 2. The molecule has 0 radical (unpaired) electrons. The molecule has 0 unspecified atom stereocenters. The standard InChI is InChI=1S/C18H20FN5O/c19-14-9-13-15(4-3-10-1-2-10)23-18(25)24-16(13)8-11(14)7-12-5-6-21-17(20)22-12/h5-6,8-10,15H,1-4,7H2,(H2,20,21,22)(H2,23,24,25)/t15-/m0/s1. The molecule has 4 rings (SSSR count). The first kappa shape index (κ1) is 15.8. The summed E-state index contributed by atoms with van der Waals surface area (Å²) in [6.07, 6.45) is 6.28. The molecular formula is C18H20FN5O. The number of nitrogens with two attached hydrogens (primary N) is 1. The molecule has 2 amide bonds. The van der Waals surface area contributed by atoms with Crippen molar-refractivity contribution in [1.29, 1.82) is 0 Å². The van der Waals surface area contributed by atoms with Gasteiger partial charge in [-0.1, -0.05) is 12.8 Å². The molecule has 2 aromatic rings. The molecule has 1 aliphatic carbocycles. The molecule has 6 nitrogen and oxygen atoms in total. The normalized spacial score (nSPS) is 19.1. The molecule has 130 valence electrons. The van der Waals surface area contributed by atoms with Crippen molar-refractivity contribution in [2.24, 2.45) is 5.92 Å². The Bertz CT molecular complexity index is 821. The summed E-state index contributed by atoms with van der Waals surface area (Å²) in [5, 5.41) is 5.69. The van der Waals surface area contributed by atoms with E-state index in [1.54, 1.807) is 18.3 Å². The molecule has 0 spiro atoms. The van der Waals surface area contributed by atoms with Crippen molar-refractivity contribution in [2.75, 3.05) is 11.1 Å². The fourth-order valence-electron chi connectivity index (χ4n) is 3.30. The van der Waals surface area contributed by atoms with Gasteiger partial charge in [0.1, 0.15) is 5.82 Å². The van der Waals surface area contributed by atoms with E-state index in [9.17, 15) is 9.18 Å². The zero-order valence-corrected chi connectivity index (χ0v) is 13.8. The molecule has 25 heavy (non-hydrogen) atoms. The molecular weight excluding hydrogens is 321 g/mol. The van der Waals surface area contributed by atoms with E-state index in [1.165, 1.54) is 18.9 Å². The number of amides is 2. The lowest BCUT2D eigenvalue weighted by atomic mass is 9.94. The lowest BCUT2D eigenvalue weighted by Crippen LogP contribution is -2.38. The number of carbonyl (C=O) groups excluding carboxylic acids is 1. The molecule has 7 heteroatoms. The highest BCUT2D eigenvalue weighted by Gasteiger charge is 2.28. The number of benzene rings is 1. The monoisotopic (exact) mass is 341 g/mol. The van der Waals surface area contributed by atoms with E-state index in [4.69, 9.17) is 5.73 Å². The van der Waals surface area contributed by atoms with Crippen molar-refractivity contribution in [3.8, 4) is 0 Å². The molecule has 1 aromatic heterocycles. The average Bonchev–Trinajstić information content (AvgIpc) is 3.38. The number of nitrogens with zero attached hydrogens (tertiary/aromatic N) is 2. The molecule has 1 saturated carbocycles. The molecule has 4 N–H and O–H groups in total. The van der Waals surface area contributed by atoms with Gasteiger partial charge in [-0.05, 0) is 42.5 Å². The predicted octanol–water partition coefficient (Wildman–Crippen LogP) is 3.16. The first-order valence-electron chi connectivity index (χ1n) is 8.55. The van der Waals surface area contributed by atoms with Crippen LogP contribution in [-0.4, -0.2) is 16.0 Å². The van der Waals surface area contributed by atoms with Crippen LogP contribution in [0, 0.1) is 11.7 Å². The van der Waals surface area contributed by atoms with Crippen molar-refractivity contribution in [3.63, 3.8) is 0 Å². The van der Waals surface area contributed by atoms with Crippen LogP contribution in [0.2, 0.25) is 0 Å². The summed E-state index contributed by atoms with van der Waals surface area (Å²) in [5.41, 5.74) is 8.17. The van der Waals surface area contributed by atoms with Gasteiger partial charge >= 0.3 is 6.03 Å². The zero-order valence-electron chi connectivity index (χ0n) is 13.8. The second-order valence-corrected chi connectivity index (χ2v) is 6.79. The Balaban J connectivity index is 1.60. The fourth-order valence-corrected chi connectivity index (χ4v) is 3.30. The Morgan fingerprint density at radius 1 is 1.28 bits per heavy atom. The molecule has 1 aliphatic heterocycles. The number of carbonyl (C=O) groups is 1. The van der Waals surface area contributed by atoms with Crippen molar-refractivity contribution < 1.29 is 9.18 Å². The SMILES string of the molecule is Nc1nccc(Cc2cc3c(cc2F)[C@H](CCC2CC2)NC(=O)N3)n1. The van der Waals surface area contributed by atoms with E-state index in [0.717, 1.165) is 24.3 Å². The second kappa shape index (κ2) is 6.31. The van der Waals surface area contributed by atoms with Crippen LogP contribution in [0.4, 0.5) is 20.8 Å². The van der Waals surface area contributed by atoms with Crippen molar-refractivity contribution in [3.05, 3.63) is 47.0 Å². The maximum atomic E-state index is 14.6. The second-order valence-electron chi connectivity index (χ2n) is 6.79. The number of aromatic nitrogens is 2. The topological polar surface area (TPSA) is 92.9 Å². The number of rotatable bonds is 5. The number of urea groups is 1. The van der Waals surface area contributed by atoms with E-state index < -0.39 is 0 Å². The Labute approximate surface area is 145 Å². The third kappa shape index (κ3) is 3.55. The molecule has 2 aliphatic rings. The van der Waals surface area contributed by atoms with E-state index in [0.29, 0.717) is 23.4 Å². The predicted molar refractivity (Wildman–Crippen MR) is 92.5 cm³/mol. The number of halogens is 1. The van der Waals surface area contributed by atoms with Gasteiger partial charge in [-0.25, -0.2) is 19.2 Å². The van der Waals surface area contributed by atoms with E-state index in [2.05, 4.69) is 20.6 Å². The van der Waals surface area contributed by atoms with E-state index >= 15 is 0 Å². The van der Waals surface area contributed by atoms with Gasteiger partial charge < -0.3 is 16.4 Å². The molecule has 0 saturated heterocycles. The summed E-state index contributed by atoms with van der Waals surface area (Å²) in [4.78, 5) is 19.9. The van der Waals surface area contributed by atoms with Gasteiger partial charge in [0.25, 0.3) is 0 Å². The number of nitrogens with one attached hydrogen (secondary N) is 2. The van der Waals surface area contributed by atoms with Gasteiger partial charge in [-0.3, -0.25) is 0 Å². The van der Waals surface area contributed by atoms with Gasteiger partial charge in [0.05, 0.1) is 11.7 Å². The number of nitrogen functional groups attached to an aromatic ring is 1. The van der Waals surface area contributed by atoms with Gasteiger partial charge in [0.2, 0.25) is 5.95 Å². The highest BCUT2D eigenvalue weighted by molar-refractivity contribution is 5.93. The molecule has 1 fully saturated rings. The van der Waals surface area contributed by atoms with Crippen LogP contribution in [0.1, 0.15) is 48.5 Å². The lowest BCUT2D eigenvalue weighted by molar-refractivity contribution is 0.246. The van der Waals surface area contributed by atoms with E-state index in [1.807, 2.05) is 0 Å². The van der Waals surface area contributed by atoms with Crippen LogP contribution in [0.5, 0.6) is 0 Å². The number of hydrogen-bond acceptors (Lipinski definition) is 4. The summed E-state index contributed by atoms with van der Waals surface area (Å²) >= 11 is 0. The number of fused-ring (bicyclic) bond motifs is 1. The maximum absolute atomic E-state index is 14.6. The molecule has 1 aromatic carbocycles. The quantitative estimate of drug-likeness (QED) is 0.779. The van der Waals surface area contributed by atoms with E-state index in [-0.39, 0.29) is 23.8 Å². The van der Waals surface area contributed by atoms with Crippen molar-refractivity contribution >= 4 is 17.7 Å². The highest BCUT2D eigenvalue weighted by atomic mass is 19.1. The van der Waals surface area contributed by atoms with Crippen molar-refractivity contribution in [2.45, 2.75) is 38.1 Å². The molecule has 2 heterocycles. The Morgan fingerprint density at radius 3 is 2.88 bits per heavy atom. The van der Waals surface area contributed by atoms with Crippen LogP contribution in [-0.2, 0) is 6.42 Å². The van der Waals surface area contributed by atoms with Crippen LogP contribution in [0.25, 0.3) is 0 Å². The van der Waals surface area contributed by atoms with Crippen LogP contribution < -0.4 is 16.4 Å². The van der Waals surface area contributed by atoms with Crippen molar-refractivity contribution in [1.82, 2.24) is 15.3 Å². The van der Waals surface area contributed by atoms with Gasteiger partial charge in [-0.2, -0.15) is 0 Å². The lowest BCUT2D eigenvalue weighted by Gasteiger charge is -2.28. The minimum Gasteiger partial charge on any atom is -0.368 e. The first-order valence-corrected chi connectivity index (χ1v) is 8.55. The Hall–Kier alpha value is -2.70. The zero-order chi connectivity index (χ0) is 17.4. The summed E-state index contributed by atoms with van der Waals surface area (Å²) in [7, 11) is 0. The Morgan fingerprint density at radius 2 is 2.12 bits per heavy atom. The van der Waals surface area contributed by atoms with Gasteiger partial charge in [-0.15, -0.1) is 0 Å². The fraction of sp³-hybridized carbons (Fsp3) is 0.389. The largest absolute Gasteiger partial charge is 0.368 e. The summed E-state index contributed by atoms with van der Waals surface area (Å²) < 4.78 is 14.6. The maximum Gasteiger partial charge on any atom is 0.319 e. The summed E-state index contributed by atoms with van der Waals surface area (Å²) in [6.45, 7) is 0. The smallest absolute Gasteiger partial charge is 0.319 e. The third-order valence-electron chi connectivity index (χ3n) is 4.81. The minimum absolute atomic E-state index is 0.136. The van der Waals surface area contributed by atoms with Gasteiger partial charge in [0, 0.05) is 23.9 Å². The Kier molecular flexibility index (Phi) is 3.99. The summed E-state index contributed by atoms with van der Waals surface area (Å²) in [5.74, 6) is 0.626.